The summed E-state index contributed by atoms with van der Waals surface area (Å²) >= 11 is 0. The lowest BCUT2D eigenvalue weighted by Gasteiger charge is -2.70. The highest BCUT2D eigenvalue weighted by atomic mass is 16.5. The fourth-order valence-corrected chi connectivity index (χ4v) is 14.4. The van der Waals surface area contributed by atoms with Crippen LogP contribution in [0.25, 0.3) is 0 Å². The van der Waals surface area contributed by atoms with Gasteiger partial charge in [0.05, 0.1) is 29.3 Å². The Labute approximate surface area is 300 Å². The Bertz CT molecular complexity index is 1740. The Morgan fingerprint density at radius 1 is 1.06 bits per heavy atom. The van der Waals surface area contributed by atoms with Crippen LogP contribution in [0.15, 0.2) is 29.8 Å². The predicted octanol–water partition coefficient (Wildman–Crippen LogP) is 3.25. The number of fused-ring (bicyclic) bond motifs is 7. The molecule has 9 aliphatic rings. The first-order valence-electron chi connectivity index (χ1n) is 19.6. The molecule has 2 spiro atoms. The van der Waals surface area contributed by atoms with Crippen LogP contribution in [-0.2, 0) is 27.4 Å². The van der Waals surface area contributed by atoms with Crippen molar-refractivity contribution in [2.24, 2.45) is 39.9 Å². The summed E-state index contributed by atoms with van der Waals surface area (Å²) in [7, 11) is 1.92. The van der Waals surface area contributed by atoms with Crippen molar-refractivity contribution >= 4 is 12.3 Å². The quantitative estimate of drug-likeness (QED) is 0.159. The summed E-state index contributed by atoms with van der Waals surface area (Å²) in [6, 6.07) is 5.71. The van der Waals surface area contributed by atoms with Crippen molar-refractivity contribution in [1.82, 2.24) is 5.32 Å². The van der Waals surface area contributed by atoms with Crippen molar-refractivity contribution in [2.45, 2.75) is 138 Å². The van der Waals surface area contributed by atoms with E-state index in [2.05, 4.69) is 17.2 Å². The van der Waals surface area contributed by atoms with Crippen molar-refractivity contribution in [1.29, 1.82) is 0 Å². The molecule has 0 aromatic heterocycles. The lowest BCUT2D eigenvalue weighted by molar-refractivity contribution is -0.327. The van der Waals surface area contributed by atoms with Crippen LogP contribution in [0.3, 0.4) is 0 Å². The number of likely N-dealkylation sites (N-methyl/N-ethyl adjacent to an activating group) is 1. The van der Waals surface area contributed by atoms with Gasteiger partial charge in [0.1, 0.15) is 18.0 Å². The molecule has 1 aliphatic heterocycles. The number of hydrogen-bond acceptors (Lipinski definition) is 9. The average molecular weight is 700 g/mol. The van der Waals surface area contributed by atoms with E-state index in [4.69, 9.17) is 4.74 Å². The molecule has 6 N–H and O–H groups in total. The third kappa shape index (κ3) is 4.27. The summed E-state index contributed by atoms with van der Waals surface area (Å²) in [5.74, 6) is 5.40. The van der Waals surface area contributed by atoms with E-state index < -0.39 is 51.2 Å². The number of rotatable bonds is 3. The van der Waals surface area contributed by atoms with Gasteiger partial charge < -0.3 is 40.4 Å². The molecule has 1 aromatic rings. The van der Waals surface area contributed by atoms with Crippen molar-refractivity contribution in [3.8, 4) is 11.8 Å². The van der Waals surface area contributed by atoms with Gasteiger partial charge in [0, 0.05) is 47.8 Å². The number of benzene rings is 1. The molecule has 6 saturated carbocycles. The van der Waals surface area contributed by atoms with Gasteiger partial charge in [-0.25, -0.2) is 4.79 Å². The lowest BCUT2D eigenvalue weighted by atomic mass is 9.37. The van der Waals surface area contributed by atoms with E-state index in [1.54, 1.807) is 6.08 Å². The van der Waals surface area contributed by atoms with Gasteiger partial charge in [-0.15, -0.1) is 0 Å². The zero-order valence-electron chi connectivity index (χ0n) is 29.7. The van der Waals surface area contributed by atoms with E-state index in [0.29, 0.717) is 51.4 Å². The van der Waals surface area contributed by atoms with Crippen LogP contribution in [0.4, 0.5) is 0 Å². The van der Waals surface area contributed by atoms with E-state index >= 15 is 0 Å². The molecule has 4 bridgehead atoms. The molecule has 1 aromatic carbocycles. The number of aliphatic hydroxyl groups is 5. The summed E-state index contributed by atoms with van der Waals surface area (Å²) < 4.78 is 6.16. The maximum absolute atomic E-state index is 13.7. The van der Waals surface area contributed by atoms with E-state index in [-0.39, 0.29) is 55.6 Å². The largest absolute Gasteiger partial charge is 0.454 e. The van der Waals surface area contributed by atoms with Crippen LogP contribution in [0.5, 0.6) is 0 Å². The normalized spacial score (nSPS) is 47.5. The summed E-state index contributed by atoms with van der Waals surface area (Å²) in [5.41, 5.74) is -3.75. The van der Waals surface area contributed by atoms with Crippen molar-refractivity contribution in [3.63, 3.8) is 0 Å². The number of aldehydes is 1. The number of aliphatic hydroxyl groups excluding tert-OH is 2. The monoisotopic (exact) mass is 699 g/mol. The highest BCUT2D eigenvalue weighted by molar-refractivity contribution is 5.86. The van der Waals surface area contributed by atoms with Crippen LogP contribution < -0.4 is 5.32 Å². The topological polar surface area (TPSA) is 157 Å². The molecule has 1 heterocycles. The number of esters is 1. The maximum atomic E-state index is 13.7. The molecule has 0 unspecified atom stereocenters. The van der Waals surface area contributed by atoms with Crippen molar-refractivity contribution < 1.29 is 39.9 Å². The molecule has 51 heavy (non-hydrogen) atoms. The van der Waals surface area contributed by atoms with Gasteiger partial charge in [0.25, 0.3) is 0 Å². The molecule has 0 amide bonds. The van der Waals surface area contributed by atoms with Gasteiger partial charge in [-0.3, -0.25) is 0 Å². The summed E-state index contributed by atoms with van der Waals surface area (Å²) in [6.45, 7) is -0.104. The number of hydrogen-bond donors (Lipinski definition) is 6. The third-order valence-electron chi connectivity index (χ3n) is 16.6. The molecule has 9 nitrogen and oxygen atoms in total. The smallest absolute Gasteiger partial charge is 0.331 e. The first-order valence-corrected chi connectivity index (χ1v) is 19.6. The Kier molecular flexibility index (Phi) is 7.69. The van der Waals surface area contributed by atoms with Crippen molar-refractivity contribution in [3.05, 3.63) is 46.5 Å². The second-order valence-electron chi connectivity index (χ2n) is 18.0. The predicted molar refractivity (Wildman–Crippen MR) is 187 cm³/mol. The van der Waals surface area contributed by atoms with Crippen molar-refractivity contribution in [2.75, 3.05) is 7.05 Å². The maximum Gasteiger partial charge on any atom is 0.331 e. The Morgan fingerprint density at radius 3 is 2.61 bits per heavy atom. The standard InChI is InChI=1S/C42H53NO8/c1-43-31-18-28-25(8-6-9-26(28)22-44)7-2-3-13-38-14-10-32-39(24-45)23-37(11-4-5-12-37)33(46)21-40(39,48)15-16-41(32,49)42(38,50)20-27-17-29(31)36-30(35(27)38)19-34(47)51-36/h6,8-9,19,24,27,29,31-33,35-36,43-44,46,48-50H,3-5,10-18,20-23H2,1H3/t27-,29+,31-,32+,33-,35-,36-,38-,39+,40-,41+,42-/m1/s1. The summed E-state index contributed by atoms with van der Waals surface area (Å²) in [4.78, 5) is 26.9. The summed E-state index contributed by atoms with van der Waals surface area (Å²) in [5, 5.41) is 64.8. The van der Waals surface area contributed by atoms with Gasteiger partial charge in [0.15, 0.2) is 0 Å². The fourth-order valence-electron chi connectivity index (χ4n) is 14.4. The van der Waals surface area contributed by atoms with Gasteiger partial charge in [-0.1, -0.05) is 36.8 Å². The average Bonchev–Trinajstić information content (AvgIpc) is 3.81. The minimum Gasteiger partial charge on any atom is -0.454 e. The highest BCUT2D eigenvalue weighted by Crippen LogP contribution is 2.77. The van der Waals surface area contributed by atoms with Crippen LogP contribution in [0, 0.1) is 51.8 Å². The van der Waals surface area contributed by atoms with Crippen LogP contribution in [0.2, 0.25) is 0 Å². The molecule has 10 rings (SSSR count). The van der Waals surface area contributed by atoms with Gasteiger partial charge in [-0.2, -0.15) is 0 Å². The van der Waals surface area contributed by atoms with Crippen LogP contribution in [0.1, 0.15) is 107 Å². The molecule has 9 heteroatoms. The van der Waals surface area contributed by atoms with E-state index in [9.17, 15) is 35.1 Å². The fraction of sp³-hybridized carbons (Fsp3) is 0.714. The molecule has 6 fully saturated rings. The summed E-state index contributed by atoms with van der Waals surface area (Å²) in [6.07, 6.45) is 9.10. The minimum absolute atomic E-state index is 0.0563. The number of carbonyl (C=O) groups is 2. The molecule has 8 aliphatic carbocycles. The number of nitrogens with one attached hydrogen (secondary N) is 1. The molecular weight excluding hydrogens is 646 g/mol. The van der Waals surface area contributed by atoms with Crippen LogP contribution in [-0.4, -0.2) is 79.9 Å². The molecule has 0 saturated heterocycles. The Morgan fingerprint density at radius 2 is 1.86 bits per heavy atom. The SMILES string of the molecule is CN[C@@H]1Cc2c(cccc2CO)C#CCC[C@]23CC[C@@H]4[C@@](O)(CC[C@@]5(O)C[C@@H](O)C6(CCCC6)C[C@]45C=O)[C@@]2(O)C[C@H]2C[C@@H]1[C@H]1OC(=O)C=C1[C@@H]23. The van der Waals surface area contributed by atoms with E-state index in [0.717, 1.165) is 54.2 Å². The second kappa shape index (κ2) is 11.5. The third-order valence-corrected chi connectivity index (χ3v) is 16.6. The zero-order chi connectivity index (χ0) is 35.6. The molecular formula is C42H53NO8. The Balaban J connectivity index is 1.20. The lowest BCUT2D eigenvalue weighted by Crippen LogP contribution is -2.78. The molecule has 0 radical (unpaired) electrons. The Hall–Kier alpha value is -2.58. The first-order chi connectivity index (χ1) is 24.4. The zero-order valence-corrected chi connectivity index (χ0v) is 29.7. The van der Waals surface area contributed by atoms with Gasteiger partial charge in [0.2, 0.25) is 0 Å². The number of carbonyl (C=O) groups excluding carboxylic acids is 2. The minimum atomic E-state index is -1.66. The van der Waals surface area contributed by atoms with Gasteiger partial charge in [-0.05, 0) is 118 Å². The van der Waals surface area contributed by atoms with Crippen LogP contribution >= 0.6 is 0 Å². The highest BCUT2D eigenvalue weighted by Gasteiger charge is 2.81. The second-order valence-corrected chi connectivity index (χ2v) is 18.0. The number of ether oxygens (including phenoxy) is 1. The van der Waals surface area contributed by atoms with E-state index in [1.807, 2.05) is 25.2 Å². The molecule has 274 valence electrons. The van der Waals surface area contributed by atoms with E-state index in [1.165, 1.54) is 0 Å². The van der Waals surface area contributed by atoms with Gasteiger partial charge >= 0.3 is 5.97 Å². The molecule has 12 atom stereocenters. The first kappa shape index (κ1) is 34.2.